The second-order valence-electron chi connectivity index (χ2n) is 2.15. The van der Waals surface area contributed by atoms with Gasteiger partial charge >= 0.3 is 23.1 Å². The van der Waals surface area contributed by atoms with Crippen LogP contribution in [-0.4, -0.2) is 23.1 Å². The summed E-state index contributed by atoms with van der Waals surface area (Å²) >= 11 is 1.64. The molecule has 0 amide bonds. The summed E-state index contributed by atoms with van der Waals surface area (Å²) in [6, 6.07) is 2.05. The van der Waals surface area contributed by atoms with Crippen LogP contribution < -0.4 is 17.0 Å². The summed E-state index contributed by atoms with van der Waals surface area (Å²) in [4.78, 5) is 0. The van der Waals surface area contributed by atoms with E-state index < -0.39 is 0 Å². The molecule has 0 atom stereocenters. The summed E-state index contributed by atoms with van der Waals surface area (Å²) in [5.41, 5.74) is 1.40. The maximum atomic E-state index is 3.05. The number of hydrogen-bond acceptors (Lipinski definition) is 1. The molecule has 1 rings (SSSR count). The number of rotatable bonds is 1. The van der Waals surface area contributed by atoms with Crippen molar-refractivity contribution in [1.82, 2.24) is 0 Å². The van der Waals surface area contributed by atoms with Gasteiger partial charge in [-0.3, -0.25) is 0 Å². The van der Waals surface area contributed by atoms with Gasteiger partial charge in [-0.25, -0.2) is 0 Å². The first-order valence-electron chi connectivity index (χ1n) is 2.75. The van der Waals surface area contributed by atoms with E-state index in [1.165, 1.54) is 5.56 Å². The molecule has 0 radical (unpaired) electrons. The number of hydrogen-bond donors (Lipinski definition) is 0. The maximum Gasteiger partial charge on any atom is 2.00 e. The molecule has 0 bridgehead atoms. The van der Waals surface area contributed by atoms with Crippen LogP contribution in [0.1, 0.15) is 25.3 Å². The van der Waals surface area contributed by atoms with Crippen LogP contribution in [0.2, 0.25) is 0 Å². The number of halogens is 1. The zero-order valence-corrected chi connectivity index (χ0v) is 10.0. The molecular weight excluding hydrogens is 220 g/mol. The summed E-state index contributed by atoms with van der Waals surface area (Å²) in [5.74, 6) is 0.664. The molecule has 1 aromatic rings. The zero-order chi connectivity index (χ0) is 5.98. The van der Waals surface area contributed by atoms with Crippen LogP contribution in [0.5, 0.6) is 0 Å². The van der Waals surface area contributed by atoms with Crippen molar-refractivity contribution >= 4 is 34.4 Å². The van der Waals surface area contributed by atoms with Crippen molar-refractivity contribution in [2.45, 2.75) is 19.8 Å². The molecular formula is C7H9BrMgS. The van der Waals surface area contributed by atoms with Crippen LogP contribution in [0.25, 0.3) is 0 Å². The molecule has 0 aliphatic heterocycles. The first-order chi connectivity index (χ1) is 3.80. The minimum Gasteiger partial charge on any atom is -1.00 e. The van der Waals surface area contributed by atoms with Crippen LogP contribution >= 0.6 is 11.3 Å². The van der Waals surface area contributed by atoms with Crippen molar-refractivity contribution in [3.05, 3.63) is 22.4 Å². The minimum absolute atomic E-state index is 0. The van der Waals surface area contributed by atoms with E-state index in [4.69, 9.17) is 0 Å². The molecule has 0 spiro atoms. The average molecular weight is 229 g/mol. The van der Waals surface area contributed by atoms with Crippen molar-refractivity contribution in [2.24, 2.45) is 0 Å². The molecule has 1 heterocycles. The summed E-state index contributed by atoms with van der Waals surface area (Å²) in [6.07, 6.45) is 0. The second-order valence-corrected chi connectivity index (χ2v) is 2.86. The quantitative estimate of drug-likeness (QED) is 0.441. The van der Waals surface area contributed by atoms with E-state index in [0.717, 1.165) is 0 Å². The standard InChI is InChI=1S/C7H9S.BrH.Mg/c1-6(2)7-3-4-8-5-7;;/h3,5-6H,1-2H3;1H;/q-1;;+2/p-1. The Labute approximate surface area is 92.9 Å². The predicted molar refractivity (Wildman–Crippen MR) is 43.0 cm³/mol. The molecule has 0 aliphatic carbocycles. The summed E-state index contributed by atoms with van der Waals surface area (Å²) in [5, 5.41) is 5.20. The molecule has 0 unspecified atom stereocenters. The molecule has 0 fully saturated rings. The monoisotopic (exact) mass is 228 g/mol. The van der Waals surface area contributed by atoms with E-state index in [1.807, 2.05) is 0 Å². The van der Waals surface area contributed by atoms with Gasteiger partial charge in [-0.2, -0.15) is 17.0 Å². The van der Waals surface area contributed by atoms with E-state index in [1.54, 1.807) is 11.3 Å². The molecule has 0 aliphatic rings. The van der Waals surface area contributed by atoms with Crippen molar-refractivity contribution in [3.63, 3.8) is 0 Å². The van der Waals surface area contributed by atoms with Crippen LogP contribution in [0.15, 0.2) is 11.4 Å². The third-order valence-corrected chi connectivity index (χ3v) is 1.80. The van der Waals surface area contributed by atoms with Gasteiger partial charge in [-0.05, 0) is 0 Å². The average Bonchev–Trinajstić information content (AvgIpc) is 2.12. The van der Waals surface area contributed by atoms with E-state index in [0.29, 0.717) is 5.92 Å². The van der Waals surface area contributed by atoms with Gasteiger partial charge in [0.15, 0.2) is 0 Å². The van der Waals surface area contributed by atoms with Crippen molar-refractivity contribution < 1.29 is 17.0 Å². The van der Waals surface area contributed by atoms with Gasteiger partial charge in [0.25, 0.3) is 0 Å². The minimum atomic E-state index is 0. The molecule has 10 heavy (non-hydrogen) atoms. The van der Waals surface area contributed by atoms with Crippen LogP contribution in [0.4, 0.5) is 0 Å². The molecule has 52 valence electrons. The fourth-order valence-corrected chi connectivity index (χ4v) is 1.29. The topological polar surface area (TPSA) is 0 Å². The Morgan fingerprint density at radius 1 is 1.50 bits per heavy atom. The van der Waals surface area contributed by atoms with Gasteiger partial charge in [0.05, 0.1) is 0 Å². The largest absolute Gasteiger partial charge is 2.00 e. The van der Waals surface area contributed by atoms with E-state index in [2.05, 4.69) is 30.7 Å². The summed E-state index contributed by atoms with van der Waals surface area (Å²) in [7, 11) is 0. The smallest absolute Gasteiger partial charge is 1.00 e. The molecule has 0 aromatic carbocycles. The Kier molecular flexibility index (Phi) is 8.99. The Hall–Kier alpha value is 0.946. The van der Waals surface area contributed by atoms with Crippen molar-refractivity contribution in [3.8, 4) is 0 Å². The zero-order valence-electron chi connectivity index (χ0n) is 6.23. The van der Waals surface area contributed by atoms with E-state index >= 15 is 0 Å². The van der Waals surface area contributed by atoms with Gasteiger partial charge in [-0.15, -0.1) is 5.38 Å². The first kappa shape index (κ1) is 13.5. The van der Waals surface area contributed by atoms with Crippen molar-refractivity contribution in [2.75, 3.05) is 0 Å². The molecule has 3 heteroatoms. The van der Waals surface area contributed by atoms with Gasteiger partial charge in [0, 0.05) is 0 Å². The predicted octanol–water partition coefficient (Wildman–Crippen LogP) is -0.705. The van der Waals surface area contributed by atoms with Crippen LogP contribution in [0.3, 0.4) is 0 Å². The Balaban J connectivity index is 0. The normalized spacial score (nSPS) is 8.30. The van der Waals surface area contributed by atoms with Crippen LogP contribution in [0, 0.1) is 5.38 Å². The molecule has 0 N–H and O–H groups in total. The Bertz CT molecular complexity index is 149. The number of thiophene rings is 1. The summed E-state index contributed by atoms with van der Waals surface area (Å²) in [6.45, 7) is 4.38. The van der Waals surface area contributed by atoms with Crippen molar-refractivity contribution in [1.29, 1.82) is 0 Å². The van der Waals surface area contributed by atoms with E-state index in [9.17, 15) is 0 Å². The fraction of sp³-hybridized carbons (Fsp3) is 0.429. The van der Waals surface area contributed by atoms with Gasteiger partial charge in [0.1, 0.15) is 0 Å². The van der Waals surface area contributed by atoms with E-state index in [-0.39, 0.29) is 40.0 Å². The first-order valence-corrected chi connectivity index (χ1v) is 3.63. The van der Waals surface area contributed by atoms with Crippen LogP contribution in [-0.2, 0) is 0 Å². The summed E-state index contributed by atoms with van der Waals surface area (Å²) < 4.78 is 0. The SMILES string of the molecule is CC(C)c1c[c-]sc1.[Br-].[Mg+2]. The molecule has 1 aromatic heterocycles. The second kappa shape index (κ2) is 6.64. The third-order valence-electron chi connectivity index (χ3n) is 1.16. The maximum absolute atomic E-state index is 3.05. The van der Waals surface area contributed by atoms with Gasteiger partial charge in [0.2, 0.25) is 0 Å². The fourth-order valence-electron chi connectivity index (χ4n) is 0.541. The molecule has 0 nitrogen and oxygen atoms in total. The third kappa shape index (κ3) is 3.96. The van der Waals surface area contributed by atoms with Gasteiger partial charge < -0.3 is 28.3 Å². The molecule has 0 saturated heterocycles. The molecule has 0 saturated carbocycles. The Morgan fingerprint density at radius 3 is 2.30 bits per heavy atom. The Morgan fingerprint density at radius 2 is 2.10 bits per heavy atom. The van der Waals surface area contributed by atoms with Gasteiger partial charge in [-0.1, -0.05) is 19.8 Å².